The van der Waals surface area contributed by atoms with Gasteiger partial charge in [-0.15, -0.1) is 0 Å². The van der Waals surface area contributed by atoms with E-state index < -0.39 is 23.0 Å². The second-order valence-electron chi connectivity index (χ2n) is 6.56. The fourth-order valence-electron chi connectivity index (χ4n) is 2.54. The smallest absolute Gasteiger partial charge is 0.549 e. The zero-order chi connectivity index (χ0) is 16.1. The van der Waals surface area contributed by atoms with Gasteiger partial charge >= 0.3 is 35.5 Å². The molecule has 1 fully saturated rings. The predicted molar refractivity (Wildman–Crippen MR) is 76.3 cm³/mol. The van der Waals surface area contributed by atoms with Gasteiger partial charge in [-0.05, 0) is 33.6 Å². The average Bonchev–Trinajstić information content (AvgIpc) is 2.82. The number of carboxylic acid groups (broad SMARTS) is 1. The van der Waals surface area contributed by atoms with Crippen molar-refractivity contribution in [2.45, 2.75) is 58.5 Å². The summed E-state index contributed by atoms with van der Waals surface area (Å²) in [5.41, 5.74) is -1.30. The van der Waals surface area contributed by atoms with Gasteiger partial charge in [-0.2, -0.15) is 0 Å². The predicted octanol–water partition coefficient (Wildman–Crippen LogP) is -1.39. The molecule has 0 spiro atoms. The fraction of sp³-hybridized carbons (Fsp3) is 0.750. The SMILES string of the molecule is COCCC(=CC1(C(=O)[O-])CCCC1)C(=O)OC(C)(C)C.[Na+]. The number of methoxy groups -OCH3 is 1. The molecule has 0 N–H and O–H groups in total. The van der Waals surface area contributed by atoms with Crippen LogP contribution >= 0.6 is 0 Å². The summed E-state index contributed by atoms with van der Waals surface area (Å²) in [5, 5.41) is 11.5. The first-order valence-corrected chi connectivity index (χ1v) is 7.36. The third-order valence-corrected chi connectivity index (χ3v) is 3.59. The molecule has 0 aliphatic heterocycles. The van der Waals surface area contributed by atoms with E-state index in [1.54, 1.807) is 26.8 Å². The van der Waals surface area contributed by atoms with Crippen molar-refractivity contribution in [1.82, 2.24) is 0 Å². The van der Waals surface area contributed by atoms with E-state index in [1.165, 1.54) is 7.11 Å². The van der Waals surface area contributed by atoms with Crippen molar-refractivity contribution >= 4 is 11.9 Å². The van der Waals surface area contributed by atoms with Crippen molar-refractivity contribution in [3.8, 4) is 0 Å². The Morgan fingerprint density at radius 1 is 1.23 bits per heavy atom. The van der Waals surface area contributed by atoms with Crippen molar-refractivity contribution in [3.63, 3.8) is 0 Å². The zero-order valence-electron chi connectivity index (χ0n) is 14.4. The molecule has 22 heavy (non-hydrogen) atoms. The first-order chi connectivity index (χ1) is 9.70. The Morgan fingerprint density at radius 2 is 1.77 bits per heavy atom. The molecule has 0 aromatic rings. The number of hydrogen-bond donors (Lipinski definition) is 0. The van der Waals surface area contributed by atoms with Crippen LogP contribution in [0.15, 0.2) is 11.6 Å². The van der Waals surface area contributed by atoms with Crippen molar-refractivity contribution in [1.29, 1.82) is 0 Å². The Bertz CT molecular complexity index is 417. The number of rotatable bonds is 6. The maximum Gasteiger partial charge on any atom is 1.00 e. The summed E-state index contributed by atoms with van der Waals surface area (Å²) in [5.74, 6) is -1.59. The third-order valence-electron chi connectivity index (χ3n) is 3.59. The largest absolute Gasteiger partial charge is 1.00 e. The van der Waals surface area contributed by atoms with Crippen LogP contribution < -0.4 is 34.7 Å². The molecule has 1 aliphatic carbocycles. The van der Waals surface area contributed by atoms with Gasteiger partial charge in [-0.25, -0.2) is 4.79 Å². The van der Waals surface area contributed by atoms with Crippen LogP contribution in [0.25, 0.3) is 0 Å². The van der Waals surface area contributed by atoms with Crippen LogP contribution in [0.3, 0.4) is 0 Å². The van der Waals surface area contributed by atoms with E-state index in [0.29, 0.717) is 31.4 Å². The van der Waals surface area contributed by atoms with Gasteiger partial charge in [0.1, 0.15) is 5.60 Å². The van der Waals surface area contributed by atoms with Crippen LogP contribution in [0.5, 0.6) is 0 Å². The van der Waals surface area contributed by atoms with E-state index in [2.05, 4.69) is 0 Å². The number of carboxylic acids is 1. The molecule has 120 valence electrons. The van der Waals surface area contributed by atoms with Crippen LogP contribution in [0, 0.1) is 5.41 Å². The number of ether oxygens (including phenoxy) is 2. The standard InChI is InChI=1S/C16H26O5.Na/c1-15(2,3)21-13(17)12(7-10-20-4)11-16(14(18)19)8-5-6-9-16;/h11H,5-10H2,1-4H3,(H,18,19);/q;+1/p-1. The summed E-state index contributed by atoms with van der Waals surface area (Å²) in [6.45, 7) is 5.68. The molecule has 1 rings (SSSR count). The van der Waals surface area contributed by atoms with Crippen LogP contribution in [-0.2, 0) is 19.1 Å². The van der Waals surface area contributed by atoms with Gasteiger partial charge in [0, 0.05) is 24.5 Å². The quantitative estimate of drug-likeness (QED) is 0.342. The summed E-state index contributed by atoms with van der Waals surface area (Å²) < 4.78 is 10.4. The Kier molecular flexibility index (Phi) is 8.91. The van der Waals surface area contributed by atoms with Gasteiger partial charge in [-0.1, -0.05) is 18.9 Å². The first kappa shape index (κ1) is 21.6. The van der Waals surface area contributed by atoms with Crippen LogP contribution in [0.1, 0.15) is 52.9 Å². The molecule has 0 heterocycles. The molecule has 0 unspecified atom stereocenters. The minimum atomic E-state index is -1.11. The van der Waals surface area contributed by atoms with Crippen molar-refractivity contribution in [2.75, 3.05) is 13.7 Å². The number of carbonyl (C=O) groups is 2. The Balaban J connectivity index is 0.00000441. The molecule has 0 saturated heterocycles. The maximum atomic E-state index is 12.3. The molecular weight excluding hydrogens is 295 g/mol. The summed E-state index contributed by atoms with van der Waals surface area (Å²) in [4.78, 5) is 23.8. The number of hydrogen-bond acceptors (Lipinski definition) is 5. The van der Waals surface area contributed by atoms with E-state index in [-0.39, 0.29) is 29.6 Å². The molecule has 0 atom stereocenters. The third kappa shape index (κ3) is 6.41. The van der Waals surface area contributed by atoms with Gasteiger partial charge in [0.25, 0.3) is 0 Å². The van der Waals surface area contributed by atoms with E-state index in [4.69, 9.17) is 9.47 Å². The topological polar surface area (TPSA) is 75.7 Å². The number of aliphatic carboxylic acids is 1. The van der Waals surface area contributed by atoms with Gasteiger partial charge in [0.15, 0.2) is 0 Å². The first-order valence-electron chi connectivity index (χ1n) is 7.36. The van der Waals surface area contributed by atoms with Crippen LogP contribution in [0.4, 0.5) is 0 Å². The molecule has 0 bridgehead atoms. The molecule has 6 heteroatoms. The normalized spacial score (nSPS) is 17.7. The van der Waals surface area contributed by atoms with Crippen LogP contribution in [-0.4, -0.2) is 31.3 Å². The van der Waals surface area contributed by atoms with E-state index in [0.717, 1.165) is 12.8 Å². The zero-order valence-corrected chi connectivity index (χ0v) is 16.4. The van der Waals surface area contributed by atoms with Gasteiger partial charge in [-0.3, -0.25) is 0 Å². The van der Waals surface area contributed by atoms with Gasteiger partial charge in [0.2, 0.25) is 0 Å². The van der Waals surface area contributed by atoms with Gasteiger partial charge < -0.3 is 19.4 Å². The molecule has 0 aromatic heterocycles. The molecular formula is C16H25NaO5. The van der Waals surface area contributed by atoms with Crippen LogP contribution in [0.2, 0.25) is 0 Å². The summed E-state index contributed by atoms with van der Waals surface area (Å²) in [7, 11) is 1.54. The molecule has 1 saturated carbocycles. The summed E-state index contributed by atoms with van der Waals surface area (Å²) in [6.07, 6.45) is 4.55. The molecule has 0 amide bonds. The average molecular weight is 320 g/mol. The minimum absolute atomic E-state index is 0. The second-order valence-corrected chi connectivity index (χ2v) is 6.56. The Labute approximate surface area is 154 Å². The summed E-state index contributed by atoms with van der Waals surface area (Å²) >= 11 is 0. The second kappa shape index (κ2) is 9.06. The van der Waals surface area contributed by atoms with Crippen molar-refractivity contribution in [3.05, 3.63) is 11.6 Å². The van der Waals surface area contributed by atoms with E-state index in [9.17, 15) is 14.7 Å². The maximum absolute atomic E-state index is 12.3. The summed E-state index contributed by atoms with van der Waals surface area (Å²) in [6, 6.07) is 0. The van der Waals surface area contributed by atoms with Crippen molar-refractivity contribution < 1.29 is 53.7 Å². The van der Waals surface area contributed by atoms with Gasteiger partial charge in [0.05, 0.1) is 12.6 Å². The Morgan fingerprint density at radius 3 is 2.18 bits per heavy atom. The number of carbonyl (C=O) groups excluding carboxylic acids is 2. The minimum Gasteiger partial charge on any atom is -0.549 e. The molecule has 5 nitrogen and oxygen atoms in total. The van der Waals surface area contributed by atoms with Crippen molar-refractivity contribution in [2.24, 2.45) is 5.41 Å². The number of esters is 1. The van der Waals surface area contributed by atoms with E-state index >= 15 is 0 Å². The fourth-order valence-corrected chi connectivity index (χ4v) is 2.54. The monoisotopic (exact) mass is 320 g/mol. The molecule has 1 aliphatic rings. The van der Waals surface area contributed by atoms with E-state index in [1.807, 2.05) is 0 Å². The molecule has 0 aromatic carbocycles. The Hall–Kier alpha value is -0.360. The molecule has 0 radical (unpaired) electrons.